The molecule has 200 valence electrons. The molecule has 0 atom stereocenters. The van der Waals surface area contributed by atoms with Gasteiger partial charge in [-0.15, -0.1) is 11.3 Å². The Morgan fingerprint density at radius 2 is 1.92 bits per heavy atom. The number of nitrogens with one attached hydrogen (secondary N) is 2. The molecule has 3 aromatic heterocycles. The van der Waals surface area contributed by atoms with E-state index in [9.17, 15) is 9.59 Å². The van der Waals surface area contributed by atoms with Crippen molar-refractivity contribution in [3.05, 3.63) is 34.1 Å². The Kier molecular flexibility index (Phi) is 6.39. The molecule has 0 spiro atoms. The lowest BCUT2D eigenvalue weighted by molar-refractivity contribution is -0.132. The van der Waals surface area contributed by atoms with E-state index in [1.807, 2.05) is 10.3 Å². The number of fused-ring (bicyclic) bond motifs is 3. The summed E-state index contributed by atoms with van der Waals surface area (Å²) in [5.74, 6) is -0.0601. The van der Waals surface area contributed by atoms with E-state index in [2.05, 4.69) is 49.2 Å². The van der Waals surface area contributed by atoms with Gasteiger partial charge >= 0.3 is 0 Å². The van der Waals surface area contributed by atoms with Gasteiger partial charge in [0.1, 0.15) is 11.4 Å². The van der Waals surface area contributed by atoms with Crippen molar-refractivity contribution in [2.75, 3.05) is 37.2 Å². The van der Waals surface area contributed by atoms with Crippen molar-refractivity contribution in [2.45, 2.75) is 63.8 Å². The number of aromatic amines is 1. The van der Waals surface area contributed by atoms with Crippen molar-refractivity contribution in [2.24, 2.45) is 0 Å². The van der Waals surface area contributed by atoms with Gasteiger partial charge in [0.25, 0.3) is 5.91 Å². The fourth-order valence-corrected chi connectivity index (χ4v) is 6.82. The maximum Gasteiger partial charge on any atom is 0.275 e. The highest BCUT2D eigenvalue weighted by molar-refractivity contribution is 7.14. The van der Waals surface area contributed by atoms with Crippen LogP contribution in [0.1, 0.15) is 66.8 Å². The van der Waals surface area contributed by atoms with Gasteiger partial charge in [0.05, 0.1) is 17.8 Å². The van der Waals surface area contributed by atoms with Crippen LogP contribution in [0.5, 0.6) is 0 Å². The van der Waals surface area contributed by atoms with E-state index in [0.717, 1.165) is 37.1 Å². The summed E-state index contributed by atoms with van der Waals surface area (Å²) in [7, 11) is 0. The quantitative estimate of drug-likeness (QED) is 0.452. The number of thiazole rings is 1. The number of nitrogens with zero attached hydrogens (tertiary/aromatic N) is 6. The zero-order valence-corrected chi connectivity index (χ0v) is 22.6. The largest absolute Gasteiger partial charge is 0.368 e. The highest BCUT2D eigenvalue weighted by Gasteiger charge is 2.39. The standard InChI is InChI=1S/C26H33N9O2S/c1-26(2)12-15-13-28-24(27)30-20(15)21-19(26)22(33-32-21)23(37)31-25-29-16(14-38-25)11-18(36)35-9-5-17(6-10-35)34-7-3-4-8-34/h13-14,17H,3-12H2,1-2H3,(H,32,33)(H2,27,28,30)(H,29,31,37). The zero-order chi connectivity index (χ0) is 26.4. The molecule has 3 aliphatic rings. The highest BCUT2D eigenvalue weighted by atomic mass is 32.1. The van der Waals surface area contributed by atoms with E-state index >= 15 is 0 Å². The number of carbonyl (C=O) groups excluding carboxylic acids is 2. The minimum Gasteiger partial charge on any atom is -0.368 e. The van der Waals surface area contributed by atoms with E-state index in [0.29, 0.717) is 40.4 Å². The number of hydrogen-bond donors (Lipinski definition) is 3. The third-order valence-electron chi connectivity index (χ3n) is 7.99. The number of hydrogen-bond acceptors (Lipinski definition) is 9. The molecule has 1 aliphatic carbocycles. The lowest BCUT2D eigenvalue weighted by Crippen LogP contribution is -2.46. The Morgan fingerprint density at radius 3 is 2.68 bits per heavy atom. The molecule has 6 rings (SSSR count). The van der Waals surface area contributed by atoms with Crippen molar-refractivity contribution in [1.82, 2.24) is 34.9 Å². The second kappa shape index (κ2) is 9.73. The van der Waals surface area contributed by atoms with E-state index in [1.165, 1.54) is 37.3 Å². The normalized spacial score (nSPS) is 19.3. The Labute approximate surface area is 225 Å². The first-order valence-corrected chi connectivity index (χ1v) is 14.1. The smallest absolute Gasteiger partial charge is 0.275 e. The Morgan fingerprint density at radius 1 is 1.16 bits per heavy atom. The van der Waals surface area contributed by atoms with Gasteiger partial charge in [0.15, 0.2) is 5.13 Å². The number of rotatable bonds is 5. The molecule has 0 radical (unpaired) electrons. The predicted molar refractivity (Wildman–Crippen MR) is 145 cm³/mol. The number of nitrogens with two attached hydrogens (primary N) is 1. The minimum atomic E-state index is -0.357. The summed E-state index contributed by atoms with van der Waals surface area (Å²) >= 11 is 1.32. The minimum absolute atomic E-state index is 0.0948. The molecule has 3 aromatic rings. The topological polar surface area (TPSA) is 146 Å². The molecule has 0 bridgehead atoms. The van der Waals surface area contributed by atoms with E-state index < -0.39 is 0 Å². The van der Waals surface area contributed by atoms with Gasteiger partial charge in [-0.2, -0.15) is 5.10 Å². The summed E-state index contributed by atoms with van der Waals surface area (Å²) in [6.07, 6.45) is 7.29. The molecule has 0 saturated carbocycles. The maximum absolute atomic E-state index is 13.3. The van der Waals surface area contributed by atoms with Gasteiger partial charge in [-0.1, -0.05) is 13.8 Å². The molecular weight excluding hydrogens is 502 g/mol. The van der Waals surface area contributed by atoms with Crippen molar-refractivity contribution in [3.8, 4) is 11.4 Å². The third kappa shape index (κ3) is 4.66. The summed E-state index contributed by atoms with van der Waals surface area (Å²) in [5, 5.41) is 12.5. The molecule has 5 heterocycles. The summed E-state index contributed by atoms with van der Waals surface area (Å²) in [6, 6.07) is 0.610. The summed E-state index contributed by atoms with van der Waals surface area (Å²) in [6.45, 7) is 8.13. The molecule has 11 nitrogen and oxygen atoms in total. The zero-order valence-electron chi connectivity index (χ0n) is 21.8. The van der Waals surface area contributed by atoms with E-state index in [1.54, 1.807) is 6.20 Å². The number of carbonyl (C=O) groups is 2. The van der Waals surface area contributed by atoms with Gasteiger partial charge in [-0.3, -0.25) is 20.0 Å². The van der Waals surface area contributed by atoms with Gasteiger partial charge in [0.2, 0.25) is 11.9 Å². The van der Waals surface area contributed by atoms with Crippen molar-refractivity contribution < 1.29 is 9.59 Å². The number of aromatic nitrogens is 5. The van der Waals surface area contributed by atoms with E-state index in [-0.39, 0.29) is 29.6 Å². The molecule has 2 saturated heterocycles. The van der Waals surface area contributed by atoms with Crippen LogP contribution in [0.3, 0.4) is 0 Å². The van der Waals surface area contributed by atoms with Gasteiger partial charge in [-0.25, -0.2) is 15.0 Å². The lowest BCUT2D eigenvalue weighted by atomic mass is 9.73. The molecular formula is C26H33N9O2S. The van der Waals surface area contributed by atoms with Gasteiger partial charge in [0, 0.05) is 36.3 Å². The Hall–Kier alpha value is -3.38. The van der Waals surface area contributed by atoms with Crippen LogP contribution in [0, 0.1) is 0 Å². The van der Waals surface area contributed by atoms with Crippen LogP contribution < -0.4 is 11.1 Å². The molecule has 2 aliphatic heterocycles. The number of nitrogen functional groups attached to an aromatic ring is 1. The van der Waals surface area contributed by atoms with Crippen molar-refractivity contribution >= 4 is 34.2 Å². The second-order valence-corrected chi connectivity index (χ2v) is 12.0. The molecule has 2 fully saturated rings. The summed E-state index contributed by atoms with van der Waals surface area (Å²) < 4.78 is 0. The number of likely N-dealkylation sites (tertiary alicyclic amines) is 2. The Balaban J connectivity index is 1.10. The molecule has 2 amide bonds. The SMILES string of the molecule is CC1(C)Cc2cnc(N)nc2-c2n[nH]c(C(=O)Nc3nc(CC(=O)N4CCC(N5CCCC5)CC4)cs3)c21. The lowest BCUT2D eigenvalue weighted by Gasteiger charge is -2.36. The first-order valence-electron chi connectivity index (χ1n) is 13.3. The van der Waals surface area contributed by atoms with Crippen LogP contribution in [-0.4, -0.2) is 79.0 Å². The first kappa shape index (κ1) is 24.9. The molecule has 12 heteroatoms. The molecule has 0 aromatic carbocycles. The fraction of sp³-hybridized carbons (Fsp3) is 0.538. The first-order chi connectivity index (χ1) is 18.3. The van der Waals surface area contributed by atoms with Crippen LogP contribution in [0.15, 0.2) is 11.6 Å². The van der Waals surface area contributed by atoms with Gasteiger partial charge in [-0.05, 0) is 56.2 Å². The van der Waals surface area contributed by atoms with Crippen molar-refractivity contribution in [3.63, 3.8) is 0 Å². The monoisotopic (exact) mass is 535 g/mol. The molecule has 38 heavy (non-hydrogen) atoms. The summed E-state index contributed by atoms with van der Waals surface area (Å²) in [5.41, 5.74) is 9.53. The number of piperidine rings is 1. The highest BCUT2D eigenvalue weighted by Crippen LogP contribution is 2.42. The number of H-pyrrole nitrogens is 1. The van der Waals surface area contributed by atoms with Crippen LogP contribution in [0.2, 0.25) is 0 Å². The van der Waals surface area contributed by atoms with Crippen LogP contribution in [-0.2, 0) is 23.1 Å². The van der Waals surface area contributed by atoms with Crippen LogP contribution >= 0.6 is 11.3 Å². The van der Waals surface area contributed by atoms with Crippen LogP contribution in [0.4, 0.5) is 11.1 Å². The number of anilines is 2. The average Bonchev–Trinajstić information content (AvgIpc) is 3.66. The third-order valence-corrected chi connectivity index (χ3v) is 8.80. The van der Waals surface area contributed by atoms with Gasteiger partial charge < -0.3 is 15.5 Å². The fourth-order valence-electron chi connectivity index (χ4n) is 6.12. The van der Waals surface area contributed by atoms with E-state index in [4.69, 9.17) is 5.73 Å². The predicted octanol–water partition coefficient (Wildman–Crippen LogP) is 2.62. The van der Waals surface area contributed by atoms with Crippen LogP contribution in [0.25, 0.3) is 11.4 Å². The molecule has 0 unspecified atom stereocenters. The molecule has 4 N–H and O–H groups in total. The number of amides is 2. The Bertz CT molecular complexity index is 1370. The maximum atomic E-state index is 13.3. The second-order valence-electron chi connectivity index (χ2n) is 11.1. The van der Waals surface area contributed by atoms with Crippen molar-refractivity contribution in [1.29, 1.82) is 0 Å². The summed E-state index contributed by atoms with van der Waals surface area (Å²) in [4.78, 5) is 43.8. The average molecular weight is 536 g/mol.